The quantitative estimate of drug-likeness (QED) is 0.743. The Kier molecular flexibility index (Phi) is 3.48. The van der Waals surface area contributed by atoms with Gasteiger partial charge in [0.2, 0.25) is 0 Å². The van der Waals surface area contributed by atoms with Gasteiger partial charge in [0.1, 0.15) is 11.3 Å². The van der Waals surface area contributed by atoms with Crippen molar-refractivity contribution < 1.29 is 15.0 Å². The zero-order valence-corrected chi connectivity index (χ0v) is 11.5. The van der Waals surface area contributed by atoms with Gasteiger partial charge in [-0.25, -0.2) is 4.79 Å². The molecule has 2 aliphatic rings. The first kappa shape index (κ1) is 14.0. The van der Waals surface area contributed by atoms with E-state index in [1.54, 1.807) is 24.3 Å². The first-order valence-corrected chi connectivity index (χ1v) is 6.64. The summed E-state index contributed by atoms with van der Waals surface area (Å²) in [5.41, 5.74) is 0.440. The van der Waals surface area contributed by atoms with Crippen LogP contribution >= 0.6 is 0 Å². The van der Waals surface area contributed by atoms with Gasteiger partial charge in [0, 0.05) is 18.9 Å². The van der Waals surface area contributed by atoms with Crippen molar-refractivity contribution >= 4 is 5.97 Å². The number of para-hydroxylation sites is 1. The number of nitrogens with zero attached hydrogens (tertiary/aromatic N) is 3. The Bertz CT molecular complexity index is 851. The van der Waals surface area contributed by atoms with Crippen LogP contribution in [0.4, 0.5) is 0 Å². The maximum atomic E-state index is 12.5. The van der Waals surface area contributed by atoms with Gasteiger partial charge >= 0.3 is 5.97 Å². The molecule has 0 atom stereocenters. The number of carboxylic acid groups (broad SMARTS) is 1. The fraction of sp³-hybridized carbons (Fsp3) is 0.133. The lowest BCUT2D eigenvalue weighted by molar-refractivity contribution is 0.0696. The Balaban J connectivity index is 2.29. The molecule has 112 valence electrons. The van der Waals surface area contributed by atoms with Crippen molar-refractivity contribution in [2.75, 3.05) is 6.61 Å². The molecule has 0 saturated carbocycles. The molecule has 1 aromatic carbocycles. The summed E-state index contributed by atoms with van der Waals surface area (Å²) in [5, 5.41) is 22.5. The van der Waals surface area contributed by atoms with E-state index in [4.69, 9.17) is 5.11 Å². The molecule has 0 spiro atoms. The molecule has 2 heterocycles. The molecule has 3 rings (SSSR count). The Morgan fingerprint density at radius 1 is 1.18 bits per heavy atom. The van der Waals surface area contributed by atoms with Crippen LogP contribution in [0.2, 0.25) is 0 Å². The third-order valence-corrected chi connectivity index (χ3v) is 3.31. The Hall–Kier alpha value is -2.93. The number of rotatable bonds is 4. The fourth-order valence-corrected chi connectivity index (χ4v) is 2.31. The lowest BCUT2D eigenvalue weighted by Gasteiger charge is -2.08. The maximum absolute atomic E-state index is 12.5. The summed E-state index contributed by atoms with van der Waals surface area (Å²) in [6.07, 6.45) is 2.87. The number of carbonyl (C=O) groups is 1. The molecule has 7 nitrogen and oxygen atoms in total. The van der Waals surface area contributed by atoms with Crippen LogP contribution in [-0.2, 0) is 6.54 Å². The van der Waals surface area contributed by atoms with E-state index in [0.717, 1.165) is 0 Å². The summed E-state index contributed by atoms with van der Waals surface area (Å²) in [6.45, 7) is 0.0441. The van der Waals surface area contributed by atoms with Gasteiger partial charge in [0.15, 0.2) is 0 Å². The molecule has 0 saturated heterocycles. The third kappa shape index (κ3) is 2.27. The van der Waals surface area contributed by atoms with Crippen LogP contribution in [0.3, 0.4) is 0 Å². The summed E-state index contributed by atoms with van der Waals surface area (Å²) in [6, 6.07) is 8.79. The minimum Gasteiger partial charge on any atom is -0.478 e. The highest BCUT2D eigenvalue weighted by molar-refractivity contribution is 5.94. The summed E-state index contributed by atoms with van der Waals surface area (Å²) in [5.74, 6) is -1.17. The van der Waals surface area contributed by atoms with Gasteiger partial charge in [-0.1, -0.05) is 18.2 Å². The number of fused-ring (bicyclic) bond motifs is 1. The SMILES string of the molecule is O=C(O)c1cn(CCO)cc2c(=O)n(-c3ccccc3)nc1-2. The van der Waals surface area contributed by atoms with Gasteiger partial charge in [0.05, 0.1) is 17.9 Å². The van der Waals surface area contributed by atoms with Crippen LogP contribution < -0.4 is 5.56 Å². The second-order valence-electron chi connectivity index (χ2n) is 4.75. The van der Waals surface area contributed by atoms with Crippen molar-refractivity contribution in [1.29, 1.82) is 0 Å². The molecular weight excluding hydrogens is 286 g/mol. The number of benzene rings is 1. The minimum atomic E-state index is -1.17. The highest BCUT2D eigenvalue weighted by Gasteiger charge is 2.23. The molecule has 2 N–H and O–H groups in total. The van der Waals surface area contributed by atoms with E-state index in [-0.39, 0.29) is 30.0 Å². The van der Waals surface area contributed by atoms with Crippen LogP contribution in [0.5, 0.6) is 0 Å². The first-order chi connectivity index (χ1) is 10.6. The van der Waals surface area contributed by atoms with Gasteiger partial charge in [-0.15, -0.1) is 0 Å². The minimum absolute atomic E-state index is 0.0715. The molecule has 0 amide bonds. The van der Waals surface area contributed by atoms with E-state index in [1.807, 2.05) is 6.07 Å². The number of pyridine rings is 1. The van der Waals surface area contributed by atoms with Crippen LogP contribution in [0, 0.1) is 0 Å². The summed E-state index contributed by atoms with van der Waals surface area (Å²) in [7, 11) is 0. The van der Waals surface area contributed by atoms with Crippen molar-refractivity contribution in [2.45, 2.75) is 6.54 Å². The molecule has 1 aromatic rings. The molecule has 0 radical (unpaired) electrons. The molecule has 0 unspecified atom stereocenters. The number of aromatic carboxylic acids is 1. The molecule has 2 aliphatic heterocycles. The van der Waals surface area contributed by atoms with Crippen LogP contribution in [0.25, 0.3) is 16.9 Å². The summed E-state index contributed by atoms with van der Waals surface area (Å²) >= 11 is 0. The van der Waals surface area contributed by atoms with E-state index in [9.17, 15) is 14.7 Å². The van der Waals surface area contributed by atoms with Crippen molar-refractivity contribution in [2.24, 2.45) is 0 Å². The highest BCUT2D eigenvalue weighted by Crippen LogP contribution is 2.22. The molecule has 7 heteroatoms. The van der Waals surface area contributed by atoms with Gasteiger partial charge < -0.3 is 14.8 Å². The number of aromatic nitrogens is 3. The Morgan fingerprint density at radius 3 is 2.55 bits per heavy atom. The topological polar surface area (TPSA) is 97.4 Å². The molecular formula is C15H13N3O4. The number of hydrogen-bond donors (Lipinski definition) is 2. The average molecular weight is 299 g/mol. The predicted octanol–water partition coefficient (Wildman–Crippen LogP) is 0.829. The molecule has 0 bridgehead atoms. The summed E-state index contributed by atoms with van der Waals surface area (Å²) in [4.78, 5) is 23.9. The zero-order valence-electron chi connectivity index (χ0n) is 11.5. The number of hydrogen-bond acceptors (Lipinski definition) is 4. The van der Waals surface area contributed by atoms with Gasteiger partial charge in [-0.05, 0) is 12.1 Å². The van der Waals surface area contributed by atoms with Crippen molar-refractivity contribution in [1.82, 2.24) is 14.3 Å². The number of aliphatic hydroxyl groups excluding tert-OH is 1. The maximum Gasteiger partial charge on any atom is 0.339 e. The lowest BCUT2D eigenvalue weighted by Crippen LogP contribution is -2.15. The fourth-order valence-electron chi connectivity index (χ4n) is 2.31. The zero-order chi connectivity index (χ0) is 15.7. The average Bonchev–Trinajstić information content (AvgIpc) is 2.85. The van der Waals surface area contributed by atoms with Crippen LogP contribution in [0.1, 0.15) is 10.4 Å². The van der Waals surface area contributed by atoms with E-state index < -0.39 is 11.5 Å². The highest BCUT2D eigenvalue weighted by atomic mass is 16.4. The largest absolute Gasteiger partial charge is 0.478 e. The summed E-state index contributed by atoms with van der Waals surface area (Å²) < 4.78 is 2.66. The monoisotopic (exact) mass is 299 g/mol. The predicted molar refractivity (Wildman–Crippen MR) is 78.5 cm³/mol. The Morgan fingerprint density at radius 2 is 1.91 bits per heavy atom. The van der Waals surface area contributed by atoms with Crippen molar-refractivity contribution in [3.05, 3.63) is 58.6 Å². The lowest BCUT2D eigenvalue weighted by atomic mass is 10.1. The molecule has 0 aliphatic carbocycles. The molecule has 0 fully saturated rings. The van der Waals surface area contributed by atoms with E-state index in [1.165, 1.54) is 21.6 Å². The molecule has 22 heavy (non-hydrogen) atoms. The van der Waals surface area contributed by atoms with Crippen molar-refractivity contribution in [3.63, 3.8) is 0 Å². The van der Waals surface area contributed by atoms with Crippen molar-refractivity contribution in [3.8, 4) is 16.9 Å². The van der Waals surface area contributed by atoms with Gasteiger partial charge in [0.25, 0.3) is 5.56 Å². The smallest absolute Gasteiger partial charge is 0.339 e. The third-order valence-electron chi connectivity index (χ3n) is 3.31. The second kappa shape index (κ2) is 5.45. The van der Waals surface area contributed by atoms with E-state index in [0.29, 0.717) is 5.69 Å². The number of aliphatic hydroxyl groups is 1. The van der Waals surface area contributed by atoms with E-state index >= 15 is 0 Å². The van der Waals surface area contributed by atoms with Gasteiger partial charge in [-0.2, -0.15) is 9.78 Å². The Labute approximate surface area is 125 Å². The normalized spacial score (nSPS) is 11.0. The first-order valence-electron chi connectivity index (χ1n) is 6.64. The van der Waals surface area contributed by atoms with Gasteiger partial charge in [-0.3, -0.25) is 4.79 Å². The molecule has 0 aromatic heterocycles. The van der Waals surface area contributed by atoms with E-state index in [2.05, 4.69) is 5.10 Å². The second-order valence-corrected chi connectivity index (χ2v) is 4.75. The van der Waals surface area contributed by atoms with Crippen LogP contribution in [0.15, 0.2) is 47.5 Å². The standard InChI is InChI=1S/C15H13N3O4/c19-7-6-17-8-11-13(12(9-17)15(21)22)16-18(14(11)20)10-4-2-1-3-5-10/h1-5,8-9,19H,6-7H2,(H,21,22). The number of carboxylic acids is 1. The van der Waals surface area contributed by atoms with Crippen LogP contribution in [-0.4, -0.2) is 37.1 Å².